The third kappa shape index (κ3) is 5.32. The fourth-order valence-electron chi connectivity index (χ4n) is 2.53. The van der Waals surface area contributed by atoms with Crippen LogP contribution in [0.15, 0.2) is 6.20 Å². The first kappa shape index (κ1) is 16.9. The predicted molar refractivity (Wildman–Crippen MR) is 87.1 cm³/mol. The molecule has 0 aromatic carbocycles. The van der Waals surface area contributed by atoms with Crippen LogP contribution >= 0.6 is 11.3 Å². The maximum absolute atomic E-state index is 12.2. The van der Waals surface area contributed by atoms with E-state index in [1.165, 1.54) is 17.7 Å². The molecule has 1 aromatic heterocycles. The number of piperidine rings is 1. The summed E-state index contributed by atoms with van der Waals surface area (Å²) in [6, 6.07) is 0.0943. The van der Waals surface area contributed by atoms with Crippen molar-refractivity contribution in [2.45, 2.75) is 58.0 Å². The van der Waals surface area contributed by atoms with E-state index >= 15 is 0 Å². The molecule has 2 atom stereocenters. The van der Waals surface area contributed by atoms with Gasteiger partial charge in [0, 0.05) is 17.1 Å². The molecule has 0 amide bonds. The zero-order valence-electron chi connectivity index (χ0n) is 12.8. The number of aromatic nitrogens is 1. The molecule has 2 N–H and O–H groups in total. The topological polar surface area (TPSA) is 71.1 Å². The highest BCUT2D eigenvalue weighted by molar-refractivity contribution is 7.89. The molecule has 120 valence electrons. The van der Waals surface area contributed by atoms with Gasteiger partial charge in [0.15, 0.2) is 0 Å². The summed E-state index contributed by atoms with van der Waals surface area (Å²) in [6.45, 7) is 4.94. The Hall–Kier alpha value is -0.500. The zero-order chi connectivity index (χ0) is 15.3. The van der Waals surface area contributed by atoms with Crippen molar-refractivity contribution < 1.29 is 8.42 Å². The predicted octanol–water partition coefficient (Wildman–Crippen LogP) is 2.22. The molecule has 2 rings (SSSR count). The first-order valence-electron chi connectivity index (χ1n) is 7.68. The summed E-state index contributed by atoms with van der Waals surface area (Å²) in [7, 11) is -3.25. The minimum absolute atomic E-state index is 0.182. The van der Waals surface area contributed by atoms with Crippen LogP contribution in [0.25, 0.3) is 0 Å². The molecule has 1 aromatic rings. The minimum Gasteiger partial charge on any atom is -0.314 e. The minimum atomic E-state index is -3.25. The number of hydrogen-bond donors (Lipinski definition) is 2. The van der Waals surface area contributed by atoms with Gasteiger partial charge in [-0.05, 0) is 39.2 Å². The zero-order valence-corrected chi connectivity index (χ0v) is 14.4. The second-order valence-corrected chi connectivity index (χ2v) is 8.63. The van der Waals surface area contributed by atoms with Crippen molar-refractivity contribution >= 4 is 21.4 Å². The van der Waals surface area contributed by atoms with Gasteiger partial charge in [0.2, 0.25) is 10.0 Å². The van der Waals surface area contributed by atoms with Gasteiger partial charge in [0.25, 0.3) is 0 Å². The van der Waals surface area contributed by atoms with Crippen LogP contribution in [0.3, 0.4) is 0 Å². The normalized spacial score (nSPS) is 21.3. The quantitative estimate of drug-likeness (QED) is 0.804. The van der Waals surface area contributed by atoms with Crippen molar-refractivity contribution in [2.75, 3.05) is 12.3 Å². The van der Waals surface area contributed by atoms with Crippen molar-refractivity contribution in [3.05, 3.63) is 16.1 Å². The molecule has 1 aliphatic heterocycles. The Bertz CT molecular complexity index is 536. The van der Waals surface area contributed by atoms with E-state index in [0.29, 0.717) is 12.5 Å². The molecule has 2 unspecified atom stereocenters. The van der Waals surface area contributed by atoms with Crippen LogP contribution in [0.2, 0.25) is 0 Å². The Morgan fingerprint density at radius 1 is 1.52 bits per heavy atom. The molecule has 0 bridgehead atoms. The molecule has 1 fully saturated rings. The van der Waals surface area contributed by atoms with E-state index < -0.39 is 10.0 Å². The van der Waals surface area contributed by atoms with Gasteiger partial charge in [-0.15, -0.1) is 11.3 Å². The summed E-state index contributed by atoms with van der Waals surface area (Å²) >= 11 is 1.58. The van der Waals surface area contributed by atoms with Gasteiger partial charge < -0.3 is 5.32 Å². The number of thiazole rings is 1. The Balaban J connectivity index is 1.84. The highest BCUT2D eigenvalue weighted by Gasteiger charge is 2.21. The van der Waals surface area contributed by atoms with Gasteiger partial charge in [-0.3, -0.25) is 0 Å². The van der Waals surface area contributed by atoms with Crippen LogP contribution in [0.1, 0.15) is 55.5 Å². The Kier molecular flexibility index (Phi) is 6.16. The van der Waals surface area contributed by atoms with E-state index in [9.17, 15) is 8.42 Å². The van der Waals surface area contributed by atoms with Gasteiger partial charge in [-0.25, -0.2) is 18.1 Å². The summed E-state index contributed by atoms with van der Waals surface area (Å²) in [5, 5.41) is 4.22. The molecular formula is C14H25N3O2S2. The number of hydrogen-bond acceptors (Lipinski definition) is 5. The van der Waals surface area contributed by atoms with Crippen molar-refractivity contribution in [3.63, 3.8) is 0 Å². The van der Waals surface area contributed by atoms with Crippen LogP contribution < -0.4 is 10.0 Å². The lowest BCUT2D eigenvalue weighted by molar-refractivity contribution is 0.392. The largest absolute Gasteiger partial charge is 0.314 e. The molecule has 1 saturated heterocycles. The Morgan fingerprint density at radius 2 is 2.33 bits per heavy atom. The van der Waals surface area contributed by atoms with Crippen LogP contribution in [-0.2, 0) is 16.4 Å². The van der Waals surface area contributed by atoms with Crippen LogP contribution in [-0.4, -0.2) is 31.7 Å². The second kappa shape index (κ2) is 7.67. The average molecular weight is 332 g/mol. The standard InChI is InChI=1S/C14H25N3O2S2/c1-3-13-10-16-14(20-13)11(2)17-21(18,19)9-7-12-6-4-5-8-15-12/h10-12,15,17H,3-9H2,1-2H3. The lowest BCUT2D eigenvalue weighted by Crippen LogP contribution is -2.37. The van der Waals surface area contributed by atoms with Crippen molar-refractivity contribution in [1.82, 2.24) is 15.0 Å². The lowest BCUT2D eigenvalue weighted by atomic mass is 10.0. The molecule has 0 saturated carbocycles. The summed E-state index contributed by atoms with van der Waals surface area (Å²) in [5.41, 5.74) is 0. The fraction of sp³-hybridized carbons (Fsp3) is 0.786. The molecule has 0 aliphatic carbocycles. The number of nitrogens with zero attached hydrogens (tertiary/aromatic N) is 1. The smallest absolute Gasteiger partial charge is 0.212 e. The molecule has 0 spiro atoms. The molecular weight excluding hydrogens is 306 g/mol. The molecule has 2 heterocycles. The van der Waals surface area contributed by atoms with E-state index in [4.69, 9.17) is 0 Å². The van der Waals surface area contributed by atoms with Crippen molar-refractivity contribution in [1.29, 1.82) is 0 Å². The fourth-order valence-corrected chi connectivity index (χ4v) is 4.83. The summed E-state index contributed by atoms with van der Waals surface area (Å²) < 4.78 is 27.1. The number of nitrogens with one attached hydrogen (secondary N) is 2. The maximum Gasteiger partial charge on any atom is 0.212 e. The Labute approximate surface area is 131 Å². The maximum atomic E-state index is 12.2. The summed E-state index contributed by atoms with van der Waals surface area (Å²) in [6.07, 6.45) is 6.92. The van der Waals surface area contributed by atoms with E-state index in [1.807, 2.05) is 13.1 Å². The Morgan fingerprint density at radius 3 is 2.95 bits per heavy atom. The lowest BCUT2D eigenvalue weighted by Gasteiger charge is -2.23. The monoisotopic (exact) mass is 331 g/mol. The second-order valence-electron chi connectivity index (χ2n) is 5.61. The molecule has 1 aliphatic rings. The number of rotatable bonds is 7. The van der Waals surface area contributed by atoms with Gasteiger partial charge in [-0.1, -0.05) is 13.3 Å². The molecule has 21 heavy (non-hydrogen) atoms. The van der Waals surface area contributed by atoms with E-state index in [-0.39, 0.29) is 11.8 Å². The van der Waals surface area contributed by atoms with Gasteiger partial charge in [0.1, 0.15) is 5.01 Å². The van der Waals surface area contributed by atoms with Gasteiger partial charge in [-0.2, -0.15) is 0 Å². The summed E-state index contributed by atoms with van der Waals surface area (Å²) in [5.74, 6) is 0.182. The van der Waals surface area contributed by atoms with Crippen LogP contribution in [0.4, 0.5) is 0 Å². The van der Waals surface area contributed by atoms with Crippen molar-refractivity contribution in [3.8, 4) is 0 Å². The first-order valence-corrected chi connectivity index (χ1v) is 10.1. The van der Waals surface area contributed by atoms with Gasteiger partial charge in [0.05, 0.1) is 11.8 Å². The van der Waals surface area contributed by atoms with E-state index in [2.05, 4.69) is 21.9 Å². The highest BCUT2D eigenvalue weighted by atomic mass is 32.2. The highest BCUT2D eigenvalue weighted by Crippen LogP contribution is 2.21. The third-order valence-corrected chi connectivity index (χ3v) is 6.60. The van der Waals surface area contributed by atoms with Crippen LogP contribution in [0, 0.1) is 0 Å². The van der Waals surface area contributed by atoms with E-state index in [1.54, 1.807) is 11.3 Å². The number of sulfonamides is 1. The molecule has 5 nitrogen and oxygen atoms in total. The summed E-state index contributed by atoms with van der Waals surface area (Å²) in [4.78, 5) is 5.48. The number of aryl methyl sites for hydroxylation is 1. The SMILES string of the molecule is CCc1cnc(C(C)NS(=O)(=O)CCC2CCCCN2)s1. The van der Waals surface area contributed by atoms with Crippen LogP contribution in [0.5, 0.6) is 0 Å². The van der Waals surface area contributed by atoms with E-state index in [0.717, 1.165) is 24.4 Å². The third-order valence-electron chi connectivity index (χ3n) is 3.79. The average Bonchev–Trinajstić information content (AvgIpc) is 2.95. The first-order chi connectivity index (χ1) is 10.00. The van der Waals surface area contributed by atoms with Crippen molar-refractivity contribution in [2.24, 2.45) is 0 Å². The molecule has 0 radical (unpaired) electrons. The van der Waals surface area contributed by atoms with Gasteiger partial charge >= 0.3 is 0 Å². The molecule has 7 heteroatoms.